The van der Waals surface area contributed by atoms with Crippen molar-refractivity contribution in [3.63, 3.8) is 0 Å². The molecular formula is C50H73NO8S2. The van der Waals surface area contributed by atoms with Crippen molar-refractivity contribution in [2.45, 2.75) is 185 Å². The van der Waals surface area contributed by atoms with Gasteiger partial charge in [-0.05, 0) is 138 Å². The summed E-state index contributed by atoms with van der Waals surface area (Å²) in [6.07, 6.45) is 30.8. The van der Waals surface area contributed by atoms with Gasteiger partial charge in [-0.15, -0.1) is 23.5 Å². The Hall–Kier alpha value is -2.71. The van der Waals surface area contributed by atoms with Crippen LogP contribution >= 0.6 is 23.5 Å². The molecule has 1 saturated heterocycles. The molecule has 1 heterocycles. The number of nitriles is 1. The van der Waals surface area contributed by atoms with Gasteiger partial charge in [0.25, 0.3) is 0 Å². The molecule has 9 nitrogen and oxygen atoms in total. The lowest BCUT2D eigenvalue weighted by atomic mass is 9.68. The second kappa shape index (κ2) is 24.4. The molecule has 5 fully saturated rings. The minimum Gasteiger partial charge on any atom is -0.466 e. The number of hydrogen-bond acceptors (Lipinski definition) is 11. The summed E-state index contributed by atoms with van der Waals surface area (Å²) in [5.74, 6) is 3.79. The Kier molecular flexibility index (Phi) is 19.1. The quantitative estimate of drug-likeness (QED) is 0.0429. The Labute approximate surface area is 374 Å². The molecule has 0 radical (unpaired) electrons. The summed E-state index contributed by atoms with van der Waals surface area (Å²) in [4.78, 5) is 51.9. The molecule has 5 aliphatic carbocycles. The molecule has 0 amide bonds. The first kappa shape index (κ1) is 47.8. The topological polar surface area (TPSA) is 129 Å². The van der Waals surface area contributed by atoms with Gasteiger partial charge < -0.3 is 18.9 Å². The SMILES string of the molecule is CCCCC1CCC(C2CCC(C(=O)OC3=CC=C(OC(=O)C4CCC(C5CCC(CCCC)CC5)CC4)C4SC(=C(C#N)C(=O)OCCCCOC(C)=O)SC34)CC2)CC1. The van der Waals surface area contributed by atoms with Crippen LogP contribution in [0.15, 0.2) is 33.5 Å². The molecule has 11 heteroatoms. The number of ether oxygens (including phenoxy) is 4. The van der Waals surface area contributed by atoms with Crippen LogP contribution in [0.25, 0.3) is 0 Å². The third-order valence-electron chi connectivity index (χ3n) is 15.0. The zero-order valence-corrected chi connectivity index (χ0v) is 39.0. The van der Waals surface area contributed by atoms with Gasteiger partial charge in [0.05, 0.1) is 39.8 Å². The van der Waals surface area contributed by atoms with Crippen molar-refractivity contribution in [2.75, 3.05) is 13.2 Å². The zero-order valence-electron chi connectivity index (χ0n) is 37.3. The van der Waals surface area contributed by atoms with Gasteiger partial charge in [0.15, 0.2) is 5.57 Å². The number of unbranched alkanes of at least 4 members (excludes halogenated alkanes) is 3. The minimum absolute atomic E-state index is 0.0806. The molecule has 338 valence electrons. The summed E-state index contributed by atoms with van der Waals surface area (Å²) in [6, 6.07) is 2.06. The van der Waals surface area contributed by atoms with Gasteiger partial charge in [-0.2, -0.15) is 5.26 Å². The molecule has 6 rings (SSSR count). The number of nitrogens with zero attached hydrogens (tertiary/aromatic N) is 1. The highest BCUT2D eigenvalue weighted by Crippen LogP contribution is 2.55. The van der Waals surface area contributed by atoms with E-state index in [-0.39, 0.29) is 48.5 Å². The molecule has 61 heavy (non-hydrogen) atoms. The maximum Gasteiger partial charge on any atom is 0.350 e. The number of hydrogen-bond donors (Lipinski definition) is 0. The van der Waals surface area contributed by atoms with Crippen molar-refractivity contribution in [1.82, 2.24) is 0 Å². The number of esters is 4. The third-order valence-corrected chi connectivity index (χ3v) is 18.1. The van der Waals surface area contributed by atoms with Crippen LogP contribution in [-0.4, -0.2) is 47.6 Å². The van der Waals surface area contributed by atoms with E-state index in [0.717, 1.165) is 75.0 Å². The van der Waals surface area contributed by atoms with Crippen molar-refractivity contribution in [2.24, 2.45) is 47.3 Å². The third kappa shape index (κ3) is 13.6. The summed E-state index contributed by atoms with van der Waals surface area (Å²) < 4.78 is 23.3. The number of carbonyl (C=O) groups is 4. The summed E-state index contributed by atoms with van der Waals surface area (Å²) in [6.45, 7) is 6.22. The van der Waals surface area contributed by atoms with Crippen molar-refractivity contribution in [3.8, 4) is 6.07 Å². The first-order valence-corrected chi connectivity index (χ1v) is 26.1. The van der Waals surface area contributed by atoms with Crippen molar-refractivity contribution < 1.29 is 38.1 Å². The molecule has 1 aliphatic heterocycles. The van der Waals surface area contributed by atoms with Crippen LogP contribution in [0.3, 0.4) is 0 Å². The maximum atomic E-state index is 13.8. The number of carbonyl (C=O) groups excluding carboxylic acids is 4. The number of thioether (sulfide) groups is 2. The fraction of sp³-hybridized carbons (Fsp3) is 0.780. The Morgan fingerprint density at radius 1 is 0.590 bits per heavy atom. The van der Waals surface area contributed by atoms with E-state index in [1.54, 1.807) is 12.2 Å². The van der Waals surface area contributed by atoms with Crippen LogP contribution in [0.4, 0.5) is 0 Å². The first-order valence-electron chi connectivity index (χ1n) is 24.3. The van der Waals surface area contributed by atoms with Gasteiger partial charge in [0.2, 0.25) is 0 Å². The number of allylic oxidation sites excluding steroid dienone is 2. The number of rotatable bonds is 18. The van der Waals surface area contributed by atoms with E-state index in [9.17, 15) is 24.4 Å². The van der Waals surface area contributed by atoms with E-state index >= 15 is 0 Å². The van der Waals surface area contributed by atoms with Crippen LogP contribution in [0, 0.1) is 58.7 Å². The molecule has 4 saturated carbocycles. The molecule has 0 aromatic rings. The lowest BCUT2D eigenvalue weighted by Gasteiger charge is -2.37. The van der Waals surface area contributed by atoms with Gasteiger partial charge in [-0.3, -0.25) is 14.4 Å². The van der Waals surface area contributed by atoms with Crippen molar-refractivity contribution in [3.05, 3.63) is 33.5 Å². The molecule has 6 aliphatic rings. The Morgan fingerprint density at radius 2 is 0.984 bits per heavy atom. The molecule has 2 atom stereocenters. The Bertz CT molecular complexity index is 1530. The van der Waals surface area contributed by atoms with Crippen molar-refractivity contribution >= 4 is 47.4 Å². The second-order valence-electron chi connectivity index (χ2n) is 19.1. The van der Waals surface area contributed by atoms with Crippen LogP contribution in [0.5, 0.6) is 0 Å². The van der Waals surface area contributed by atoms with E-state index in [1.807, 2.05) is 0 Å². The maximum absolute atomic E-state index is 13.8. The molecule has 0 aromatic carbocycles. The van der Waals surface area contributed by atoms with Gasteiger partial charge in [0.1, 0.15) is 17.6 Å². The largest absolute Gasteiger partial charge is 0.466 e. The normalized spacial score (nSPS) is 31.4. The van der Waals surface area contributed by atoms with Crippen LogP contribution in [0.2, 0.25) is 0 Å². The van der Waals surface area contributed by atoms with E-state index in [1.165, 1.54) is 120 Å². The average molecular weight is 880 g/mol. The predicted molar refractivity (Wildman–Crippen MR) is 241 cm³/mol. The fourth-order valence-corrected chi connectivity index (χ4v) is 14.4. The fourth-order valence-electron chi connectivity index (χ4n) is 11.2. The highest BCUT2D eigenvalue weighted by atomic mass is 32.2. The first-order chi connectivity index (χ1) is 29.7. The molecule has 0 bridgehead atoms. The smallest absolute Gasteiger partial charge is 0.350 e. The predicted octanol–water partition coefficient (Wildman–Crippen LogP) is 12.3. The van der Waals surface area contributed by atoms with E-state index in [4.69, 9.17) is 18.9 Å². The Morgan fingerprint density at radius 3 is 1.36 bits per heavy atom. The standard InChI is InChI=1S/C50H73NO8S2/c1-4-6-10-34-12-16-36(17-13-34)38-20-24-40(25-21-38)47(53)58-43-28-29-44(46-45(43)60-50(61-46)42(32-51)49(55)57-31-9-8-30-56-33(3)52)59-48(54)41-26-22-39(23-27-41)37-18-14-35(15-19-37)11-7-5-2/h28-29,34-41,45-46H,4-27,30-31H2,1-3H3. The summed E-state index contributed by atoms with van der Waals surface area (Å²) in [5.41, 5.74) is -0.115. The van der Waals surface area contributed by atoms with Crippen LogP contribution in [-0.2, 0) is 38.1 Å². The minimum atomic E-state index is -0.730. The second-order valence-corrected chi connectivity index (χ2v) is 21.6. The summed E-state index contributed by atoms with van der Waals surface area (Å²) in [5, 5.41) is 9.27. The van der Waals surface area contributed by atoms with Gasteiger partial charge in [-0.1, -0.05) is 78.1 Å². The molecule has 0 aromatic heterocycles. The van der Waals surface area contributed by atoms with Crippen LogP contribution in [0.1, 0.15) is 175 Å². The van der Waals surface area contributed by atoms with Crippen molar-refractivity contribution in [1.29, 1.82) is 5.26 Å². The molecular weight excluding hydrogens is 807 g/mol. The average Bonchev–Trinajstić information content (AvgIpc) is 3.73. The molecule has 0 spiro atoms. The lowest BCUT2D eigenvalue weighted by Crippen LogP contribution is -2.33. The molecule has 0 N–H and O–H groups in total. The van der Waals surface area contributed by atoms with Gasteiger partial charge in [0, 0.05) is 6.92 Å². The summed E-state index contributed by atoms with van der Waals surface area (Å²) >= 11 is 2.60. The Balaban J connectivity index is 1.06. The number of fused-ring (bicyclic) bond motifs is 1. The highest BCUT2D eigenvalue weighted by Gasteiger charge is 2.46. The lowest BCUT2D eigenvalue weighted by molar-refractivity contribution is -0.147. The monoisotopic (exact) mass is 879 g/mol. The molecule has 2 unspecified atom stereocenters. The van der Waals surface area contributed by atoms with Gasteiger partial charge >= 0.3 is 23.9 Å². The van der Waals surface area contributed by atoms with E-state index in [0.29, 0.717) is 40.4 Å². The zero-order chi connectivity index (χ0) is 43.1. The van der Waals surface area contributed by atoms with Gasteiger partial charge in [-0.25, -0.2) is 4.79 Å². The highest BCUT2D eigenvalue weighted by molar-refractivity contribution is 8.26. The van der Waals surface area contributed by atoms with E-state index in [2.05, 4.69) is 19.9 Å². The van der Waals surface area contributed by atoms with E-state index < -0.39 is 16.5 Å². The van der Waals surface area contributed by atoms with Crippen LogP contribution < -0.4 is 0 Å². The summed E-state index contributed by atoms with van der Waals surface area (Å²) in [7, 11) is 0.